The standard InChI is InChI=1S/C21H30N8O2/c1-3-14-10-15(11-27-19(14)25)28-20(30)21(31)29-12-13(2)4-5-17(29)16(23)7-9-26-18(24)6-8-22/h6-11,13,17,24H,3-5,12,22-23H2,1-2H3,(H2,25,27)(H,28,30)/b8-6-,16-7?,24-18?,26-9?/t13-,17+/m1/s1. The van der Waals surface area contributed by atoms with Crippen LogP contribution in [0.5, 0.6) is 0 Å². The van der Waals surface area contributed by atoms with E-state index in [-0.39, 0.29) is 11.8 Å². The summed E-state index contributed by atoms with van der Waals surface area (Å²) in [6.07, 6.45) is 9.04. The van der Waals surface area contributed by atoms with Gasteiger partial charge in [-0.3, -0.25) is 15.0 Å². The Labute approximate surface area is 181 Å². The maximum absolute atomic E-state index is 12.9. The fourth-order valence-corrected chi connectivity index (χ4v) is 3.36. The molecule has 10 heteroatoms. The Morgan fingerprint density at radius 3 is 2.84 bits per heavy atom. The fraction of sp³-hybridized carbons (Fsp3) is 0.381. The summed E-state index contributed by atoms with van der Waals surface area (Å²) in [6.45, 7) is 4.36. The first-order valence-corrected chi connectivity index (χ1v) is 10.1. The Bertz CT molecular complexity index is 922. The molecular weight excluding hydrogens is 396 g/mol. The van der Waals surface area contributed by atoms with Gasteiger partial charge in [-0.1, -0.05) is 13.8 Å². The van der Waals surface area contributed by atoms with Crippen molar-refractivity contribution >= 4 is 35.4 Å². The number of amides is 2. The molecule has 1 aliphatic rings. The van der Waals surface area contributed by atoms with Gasteiger partial charge in [0, 0.05) is 18.5 Å². The zero-order valence-corrected chi connectivity index (χ0v) is 17.8. The number of hydrogen-bond donors (Lipinski definition) is 5. The molecule has 1 aromatic rings. The largest absolute Gasteiger partial charge is 0.404 e. The van der Waals surface area contributed by atoms with Crippen molar-refractivity contribution in [2.45, 2.75) is 39.2 Å². The number of anilines is 2. The van der Waals surface area contributed by atoms with Crippen LogP contribution in [0.2, 0.25) is 0 Å². The van der Waals surface area contributed by atoms with Crippen molar-refractivity contribution in [2.24, 2.45) is 22.4 Å². The second-order valence-corrected chi connectivity index (χ2v) is 7.42. The third-order valence-corrected chi connectivity index (χ3v) is 5.03. The lowest BCUT2D eigenvalue weighted by molar-refractivity contribution is -0.145. The van der Waals surface area contributed by atoms with E-state index in [2.05, 4.69) is 15.3 Å². The van der Waals surface area contributed by atoms with E-state index in [9.17, 15) is 9.59 Å². The molecule has 1 aromatic heterocycles. The highest BCUT2D eigenvalue weighted by atomic mass is 16.2. The molecule has 1 aliphatic heterocycles. The molecule has 0 bridgehead atoms. The highest BCUT2D eigenvalue weighted by Gasteiger charge is 2.34. The minimum absolute atomic E-state index is 0.0281. The van der Waals surface area contributed by atoms with Gasteiger partial charge in [-0.25, -0.2) is 9.98 Å². The number of pyridine rings is 1. The van der Waals surface area contributed by atoms with Gasteiger partial charge in [0.25, 0.3) is 0 Å². The Morgan fingerprint density at radius 1 is 1.42 bits per heavy atom. The quantitative estimate of drug-likeness (QED) is 0.268. The van der Waals surface area contributed by atoms with E-state index in [1.807, 2.05) is 13.8 Å². The molecule has 1 fully saturated rings. The summed E-state index contributed by atoms with van der Waals surface area (Å²) in [7, 11) is 0. The van der Waals surface area contributed by atoms with Crippen LogP contribution in [-0.4, -0.2) is 46.3 Å². The molecule has 8 N–H and O–H groups in total. The predicted octanol–water partition coefficient (Wildman–Crippen LogP) is 1.15. The van der Waals surface area contributed by atoms with Gasteiger partial charge in [0.05, 0.1) is 17.9 Å². The highest BCUT2D eigenvalue weighted by molar-refractivity contribution is 6.39. The van der Waals surface area contributed by atoms with Crippen LogP contribution >= 0.6 is 0 Å². The van der Waals surface area contributed by atoms with Gasteiger partial charge in [-0.2, -0.15) is 0 Å². The van der Waals surface area contributed by atoms with Gasteiger partial charge in [0.15, 0.2) is 0 Å². The van der Waals surface area contributed by atoms with Gasteiger partial charge in [0.1, 0.15) is 11.7 Å². The molecule has 0 unspecified atom stereocenters. The van der Waals surface area contributed by atoms with E-state index in [0.717, 1.165) is 12.0 Å². The molecule has 2 amide bonds. The van der Waals surface area contributed by atoms with Crippen LogP contribution < -0.4 is 22.5 Å². The van der Waals surface area contributed by atoms with Crippen molar-refractivity contribution in [2.75, 3.05) is 17.6 Å². The normalized spacial score (nSPS) is 19.7. The van der Waals surface area contributed by atoms with Crippen LogP contribution in [0, 0.1) is 11.3 Å². The van der Waals surface area contributed by atoms with E-state index >= 15 is 0 Å². The number of amidine groups is 1. The number of carbonyl (C=O) groups excluding carboxylic acids is 2. The van der Waals surface area contributed by atoms with Crippen LogP contribution in [-0.2, 0) is 16.0 Å². The van der Waals surface area contributed by atoms with Crippen molar-refractivity contribution < 1.29 is 9.59 Å². The zero-order chi connectivity index (χ0) is 23.0. The summed E-state index contributed by atoms with van der Waals surface area (Å²) in [5, 5.41) is 10.2. The lowest BCUT2D eigenvalue weighted by atomic mass is 9.92. The Morgan fingerprint density at radius 2 is 2.16 bits per heavy atom. The first kappa shape index (κ1) is 23.6. The molecule has 0 saturated carbocycles. The third-order valence-electron chi connectivity index (χ3n) is 5.03. The molecule has 166 valence electrons. The summed E-state index contributed by atoms with van der Waals surface area (Å²) in [6, 6.07) is 1.27. The maximum Gasteiger partial charge on any atom is 0.313 e. The molecule has 0 radical (unpaired) electrons. The van der Waals surface area contributed by atoms with Crippen molar-refractivity contribution in [3.8, 4) is 0 Å². The van der Waals surface area contributed by atoms with Crippen molar-refractivity contribution in [3.05, 3.63) is 41.9 Å². The number of aromatic nitrogens is 1. The average Bonchev–Trinajstić information content (AvgIpc) is 2.74. The predicted molar refractivity (Wildman–Crippen MR) is 122 cm³/mol. The van der Waals surface area contributed by atoms with E-state index < -0.39 is 17.9 Å². The summed E-state index contributed by atoms with van der Waals surface area (Å²) in [5.41, 5.74) is 18.8. The van der Waals surface area contributed by atoms with Crippen LogP contribution in [0.3, 0.4) is 0 Å². The van der Waals surface area contributed by atoms with Crippen LogP contribution in [0.15, 0.2) is 41.3 Å². The molecule has 2 rings (SSSR count). The lowest BCUT2D eigenvalue weighted by Crippen LogP contribution is -2.52. The van der Waals surface area contributed by atoms with Gasteiger partial charge >= 0.3 is 11.8 Å². The van der Waals surface area contributed by atoms with E-state index in [1.165, 1.54) is 35.7 Å². The van der Waals surface area contributed by atoms with Crippen molar-refractivity contribution in [1.29, 1.82) is 5.41 Å². The second-order valence-electron chi connectivity index (χ2n) is 7.42. The zero-order valence-electron chi connectivity index (χ0n) is 17.8. The molecule has 2 atom stereocenters. The Kier molecular flexibility index (Phi) is 8.30. The van der Waals surface area contributed by atoms with Crippen LogP contribution in [0.4, 0.5) is 11.5 Å². The minimum Gasteiger partial charge on any atom is -0.404 e. The lowest BCUT2D eigenvalue weighted by Gasteiger charge is -2.38. The summed E-state index contributed by atoms with van der Waals surface area (Å²) in [4.78, 5) is 35.0. The number of allylic oxidation sites excluding steroid dienone is 1. The number of aryl methyl sites for hydroxylation is 1. The number of aliphatic imine (C=N–C) groups is 1. The molecule has 2 heterocycles. The highest BCUT2D eigenvalue weighted by Crippen LogP contribution is 2.25. The number of nitrogens with zero attached hydrogens (tertiary/aromatic N) is 3. The second kappa shape index (κ2) is 10.9. The molecule has 31 heavy (non-hydrogen) atoms. The number of rotatable bonds is 5. The number of nitrogens with one attached hydrogen (secondary N) is 2. The molecule has 1 saturated heterocycles. The number of carbonyl (C=O) groups is 2. The SMILES string of the molecule is CCc1cc(NC(=O)C(=O)N2C[C@H](C)CC[C@H]2C(N)=CC=NC(=N)/C=C\N)cnc1N. The molecular formula is C21H30N8O2. The van der Waals surface area contributed by atoms with Gasteiger partial charge in [-0.15, -0.1) is 0 Å². The molecule has 0 aromatic carbocycles. The fourth-order valence-electron chi connectivity index (χ4n) is 3.36. The van der Waals surface area contributed by atoms with Crippen molar-refractivity contribution in [1.82, 2.24) is 9.88 Å². The monoisotopic (exact) mass is 426 g/mol. The van der Waals surface area contributed by atoms with Gasteiger partial charge < -0.3 is 27.4 Å². The van der Waals surface area contributed by atoms with Gasteiger partial charge in [0.2, 0.25) is 0 Å². The molecule has 10 nitrogen and oxygen atoms in total. The maximum atomic E-state index is 12.9. The number of hydrogen-bond acceptors (Lipinski definition) is 7. The molecule has 0 spiro atoms. The first-order valence-electron chi connectivity index (χ1n) is 10.1. The average molecular weight is 427 g/mol. The number of likely N-dealkylation sites (tertiary alicyclic amines) is 1. The van der Waals surface area contributed by atoms with E-state index in [0.29, 0.717) is 36.6 Å². The number of nitrogen functional groups attached to an aromatic ring is 1. The minimum atomic E-state index is -0.760. The van der Waals surface area contributed by atoms with Gasteiger partial charge in [-0.05, 0) is 55.2 Å². The van der Waals surface area contributed by atoms with Crippen LogP contribution in [0.1, 0.15) is 32.3 Å². The summed E-state index contributed by atoms with van der Waals surface area (Å²) < 4.78 is 0. The number of piperidine rings is 1. The van der Waals surface area contributed by atoms with Crippen molar-refractivity contribution in [3.63, 3.8) is 0 Å². The summed E-state index contributed by atoms with van der Waals surface area (Å²) in [5.74, 6) is -0.823. The first-order chi connectivity index (χ1) is 14.8. The Balaban J connectivity index is 2.16. The van der Waals surface area contributed by atoms with E-state index in [4.69, 9.17) is 22.6 Å². The Hall–Kier alpha value is -3.69. The van der Waals surface area contributed by atoms with Crippen LogP contribution in [0.25, 0.3) is 0 Å². The van der Waals surface area contributed by atoms with E-state index in [1.54, 1.807) is 6.07 Å². The smallest absolute Gasteiger partial charge is 0.313 e. The topological polar surface area (TPSA) is 177 Å². The third kappa shape index (κ3) is 6.39. The summed E-state index contributed by atoms with van der Waals surface area (Å²) >= 11 is 0. The molecule has 0 aliphatic carbocycles. The number of nitrogens with two attached hydrogens (primary N) is 3.